The lowest BCUT2D eigenvalue weighted by molar-refractivity contribution is 0.108. The third-order valence-corrected chi connectivity index (χ3v) is 7.40. The van der Waals surface area contributed by atoms with Gasteiger partial charge in [0, 0.05) is 42.2 Å². The van der Waals surface area contributed by atoms with Gasteiger partial charge in [-0.15, -0.1) is 0 Å². The highest BCUT2D eigenvalue weighted by atomic mass is 35.5. The van der Waals surface area contributed by atoms with Gasteiger partial charge in [-0.1, -0.05) is 59.6 Å². The Labute approximate surface area is 218 Å². The summed E-state index contributed by atoms with van der Waals surface area (Å²) in [5.74, 6) is 0. The fraction of sp³-hybridized carbons (Fsp3) is 0.345. The van der Waals surface area contributed by atoms with E-state index < -0.39 is 0 Å². The number of benzene rings is 3. The van der Waals surface area contributed by atoms with E-state index in [0.717, 1.165) is 62.3 Å². The van der Waals surface area contributed by atoms with Gasteiger partial charge in [0.15, 0.2) is 0 Å². The summed E-state index contributed by atoms with van der Waals surface area (Å²) < 4.78 is 5.29. The average molecular weight is 508 g/mol. The van der Waals surface area contributed by atoms with Crippen LogP contribution in [0.2, 0.25) is 10.0 Å². The first-order valence-corrected chi connectivity index (χ1v) is 12.7. The molecule has 0 bridgehead atoms. The molecule has 1 aliphatic heterocycles. The van der Waals surface area contributed by atoms with Gasteiger partial charge in [-0.2, -0.15) is 5.26 Å². The summed E-state index contributed by atoms with van der Waals surface area (Å²) in [7, 11) is 1.76. The normalized spacial score (nSPS) is 15.6. The Kier molecular flexibility index (Phi) is 8.83. The van der Waals surface area contributed by atoms with Crippen LogP contribution in [0.1, 0.15) is 29.5 Å². The number of piperidine rings is 1. The molecule has 6 heteroatoms. The van der Waals surface area contributed by atoms with Gasteiger partial charge in [0.05, 0.1) is 18.2 Å². The van der Waals surface area contributed by atoms with Crippen molar-refractivity contribution in [1.82, 2.24) is 10.2 Å². The van der Waals surface area contributed by atoms with Crippen LogP contribution in [0, 0.1) is 11.3 Å². The van der Waals surface area contributed by atoms with Crippen molar-refractivity contribution in [3.05, 3.63) is 93.5 Å². The number of nitrogens with zero attached hydrogens (tertiary/aromatic N) is 2. The second-order valence-corrected chi connectivity index (χ2v) is 10.1. The Morgan fingerprint density at radius 1 is 0.971 bits per heavy atom. The van der Waals surface area contributed by atoms with Crippen molar-refractivity contribution in [3.63, 3.8) is 0 Å². The van der Waals surface area contributed by atoms with E-state index in [1.165, 1.54) is 5.56 Å². The summed E-state index contributed by atoms with van der Waals surface area (Å²) in [6.07, 6.45) is 2.15. The topological polar surface area (TPSA) is 48.3 Å². The minimum Gasteiger partial charge on any atom is -0.383 e. The zero-order valence-electron chi connectivity index (χ0n) is 20.1. The van der Waals surface area contributed by atoms with Crippen molar-refractivity contribution in [2.24, 2.45) is 0 Å². The SMILES string of the molecule is COCCN1CCC(CNCc2cc(Cl)cc(Cl)c2)(c2ccc(-c3cccc(C#N)c3)cc2)CC1. The second kappa shape index (κ2) is 12.0. The summed E-state index contributed by atoms with van der Waals surface area (Å²) in [5, 5.41) is 14.2. The molecule has 182 valence electrons. The lowest BCUT2D eigenvalue weighted by Gasteiger charge is -2.42. The van der Waals surface area contributed by atoms with Crippen LogP contribution in [0.4, 0.5) is 0 Å². The standard InChI is InChI=1S/C29H31Cl2N3O/c1-35-14-13-34-11-9-29(10-12-34,21-33-20-23-16-27(30)18-28(31)17-23)26-7-5-24(6-8-26)25-4-2-3-22(15-25)19-32/h2-8,15-18,33H,9-14,20-21H2,1H3. The first-order chi connectivity index (χ1) is 17.0. The Hall–Kier alpha value is -2.39. The first kappa shape index (κ1) is 25.7. The molecule has 0 spiro atoms. The summed E-state index contributed by atoms with van der Waals surface area (Å²) >= 11 is 12.4. The number of nitriles is 1. The van der Waals surface area contributed by atoms with E-state index in [2.05, 4.69) is 46.6 Å². The molecule has 0 unspecified atom stereocenters. The number of likely N-dealkylation sites (tertiary alicyclic amines) is 1. The van der Waals surface area contributed by atoms with E-state index in [1.54, 1.807) is 13.2 Å². The predicted octanol–water partition coefficient (Wildman–Crippen LogP) is 6.30. The number of rotatable bonds is 9. The van der Waals surface area contributed by atoms with Crippen LogP contribution in [0.25, 0.3) is 11.1 Å². The maximum absolute atomic E-state index is 9.24. The number of hydrogen-bond donors (Lipinski definition) is 1. The third kappa shape index (κ3) is 6.64. The molecule has 4 nitrogen and oxygen atoms in total. The molecule has 1 saturated heterocycles. The van der Waals surface area contributed by atoms with E-state index in [0.29, 0.717) is 22.2 Å². The van der Waals surface area contributed by atoms with Gasteiger partial charge in [-0.3, -0.25) is 0 Å². The lowest BCUT2D eigenvalue weighted by atomic mass is 9.72. The Bertz CT molecular complexity index is 1150. The van der Waals surface area contributed by atoms with Gasteiger partial charge in [0.2, 0.25) is 0 Å². The van der Waals surface area contributed by atoms with Crippen molar-refractivity contribution >= 4 is 23.2 Å². The number of halogens is 2. The monoisotopic (exact) mass is 507 g/mol. The molecule has 35 heavy (non-hydrogen) atoms. The zero-order chi connectivity index (χ0) is 24.7. The third-order valence-electron chi connectivity index (χ3n) is 6.96. The van der Waals surface area contributed by atoms with Crippen LogP contribution < -0.4 is 5.32 Å². The molecule has 1 fully saturated rings. The highest BCUT2D eigenvalue weighted by Gasteiger charge is 2.35. The van der Waals surface area contributed by atoms with Crippen LogP contribution >= 0.6 is 23.2 Å². The number of hydrogen-bond acceptors (Lipinski definition) is 4. The van der Waals surface area contributed by atoms with Gasteiger partial charge >= 0.3 is 0 Å². The van der Waals surface area contributed by atoms with Gasteiger partial charge < -0.3 is 15.0 Å². The van der Waals surface area contributed by atoms with E-state index in [4.69, 9.17) is 27.9 Å². The first-order valence-electron chi connectivity index (χ1n) is 12.0. The molecule has 0 amide bonds. The van der Waals surface area contributed by atoms with Gasteiger partial charge in [-0.05, 0) is 78.5 Å². The largest absolute Gasteiger partial charge is 0.383 e. The quantitative estimate of drug-likeness (QED) is 0.369. The van der Waals surface area contributed by atoms with Crippen LogP contribution in [0.15, 0.2) is 66.7 Å². The van der Waals surface area contributed by atoms with Crippen LogP contribution in [-0.4, -0.2) is 44.8 Å². The number of nitrogens with one attached hydrogen (secondary N) is 1. The van der Waals surface area contributed by atoms with Crippen molar-refractivity contribution in [2.75, 3.05) is 39.9 Å². The molecule has 1 N–H and O–H groups in total. The maximum Gasteiger partial charge on any atom is 0.0991 e. The van der Waals surface area contributed by atoms with E-state index in [1.807, 2.05) is 30.3 Å². The van der Waals surface area contributed by atoms with E-state index >= 15 is 0 Å². The summed E-state index contributed by atoms with van der Waals surface area (Å²) in [4.78, 5) is 2.49. The molecule has 0 saturated carbocycles. The minimum atomic E-state index is 0.0406. The minimum absolute atomic E-state index is 0.0406. The van der Waals surface area contributed by atoms with Gasteiger partial charge in [0.25, 0.3) is 0 Å². The Balaban J connectivity index is 1.52. The summed E-state index contributed by atoms with van der Waals surface area (Å²) in [6.45, 7) is 5.40. The molecular formula is C29H31Cl2N3O. The van der Waals surface area contributed by atoms with Crippen LogP contribution in [0.3, 0.4) is 0 Å². The highest BCUT2D eigenvalue weighted by molar-refractivity contribution is 6.34. The Morgan fingerprint density at radius 2 is 1.69 bits per heavy atom. The van der Waals surface area contributed by atoms with E-state index in [-0.39, 0.29) is 5.41 Å². The van der Waals surface area contributed by atoms with E-state index in [9.17, 15) is 5.26 Å². The van der Waals surface area contributed by atoms with Crippen LogP contribution in [-0.2, 0) is 16.7 Å². The molecule has 0 aromatic heterocycles. The molecule has 1 aliphatic rings. The van der Waals surface area contributed by atoms with Crippen molar-refractivity contribution < 1.29 is 4.74 Å². The molecular weight excluding hydrogens is 477 g/mol. The van der Waals surface area contributed by atoms with Crippen LogP contribution in [0.5, 0.6) is 0 Å². The van der Waals surface area contributed by atoms with Crippen molar-refractivity contribution in [1.29, 1.82) is 5.26 Å². The molecule has 3 aromatic carbocycles. The molecule has 0 atom stereocenters. The zero-order valence-corrected chi connectivity index (χ0v) is 21.6. The maximum atomic E-state index is 9.24. The number of ether oxygens (including phenoxy) is 1. The Morgan fingerprint density at radius 3 is 2.34 bits per heavy atom. The second-order valence-electron chi connectivity index (χ2n) is 9.27. The van der Waals surface area contributed by atoms with Gasteiger partial charge in [-0.25, -0.2) is 0 Å². The number of methoxy groups -OCH3 is 1. The predicted molar refractivity (Wildman–Crippen MR) is 144 cm³/mol. The molecule has 0 aliphatic carbocycles. The summed E-state index contributed by atoms with van der Waals surface area (Å²) in [5.41, 5.74) is 5.34. The molecule has 0 radical (unpaired) electrons. The highest BCUT2D eigenvalue weighted by Crippen LogP contribution is 2.36. The van der Waals surface area contributed by atoms with Crippen molar-refractivity contribution in [2.45, 2.75) is 24.8 Å². The molecule has 4 rings (SSSR count). The van der Waals surface area contributed by atoms with Crippen molar-refractivity contribution in [3.8, 4) is 17.2 Å². The fourth-order valence-corrected chi connectivity index (χ4v) is 5.51. The fourth-order valence-electron chi connectivity index (χ4n) is 4.94. The average Bonchev–Trinajstić information content (AvgIpc) is 2.88. The van der Waals surface area contributed by atoms with Gasteiger partial charge in [0.1, 0.15) is 0 Å². The smallest absolute Gasteiger partial charge is 0.0991 e. The lowest BCUT2D eigenvalue weighted by Crippen LogP contribution is -2.48. The molecule has 3 aromatic rings. The molecule has 1 heterocycles. The summed E-state index contributed by atoms with van der Waals surface area (Å²) in [6, 6.07) is 24.6.